The lowest BCUT2D eigenvalue weighted by Gasteiger charge is -2.06. The Hall–Kier alpha value is -2.48. The molecule has 0 aliphatic heterocycles. The second-order valence-corrected chi connectivity index (χ2v) is 10.7. The lowest BCUT2D eigenvalue weighted by molar-refractivity contribution is -0.138. The van der Waals surface area contributed by atoms with E-state index in [1.54, 1.807) is 0 Å². The fourth-order valence-electron chi connectivity index (χ4n) is 3.06. The largest absolute Gasteiger partial charge is 0.477 e. The van der Waals surface area contributed by atoms with Crippen LogP contribution in [0.25, 0.3) is 20.2 Å². The molecule has 4 rings (SSSR count). The number of alkyl halides is 6. The Morgan fingerprint density at radius 3 is 1.72 bits per heavy atom. The Balaban J connectivity index is 0.000000202. The van der Waals surface area contributed by atoms with Crippen LogP contribution >= 0.6 is 46.0 Å². The van der Waals surface area contributed by atoms with Gasteiger partial charge in [-0.15, -0.1) is 34.4 Å². The highest BCUT2D eigenvalue weighted by atomic mass is 35.5. The van der Waals surface area contributed by atoms with Crippen LogP contribution in [0, 0.1) is 0 Å². The zero-order valence-electron chi connectivity index (χ0n) is 17.8. The third-order valence-electron chi connectivity index (χ3n) is 4.61. The van der Waals surface area contributed by atoms with Crippen molar-refractivity contribution in [2.24, 2.45) is 0 Å². The Bertz CT molecular complexity index is 1460. The molecule has 0 amide bonds. The van der Waals surface area contributed by atoms with Crippen molar-refractivity contribution < 1.29 is 46.1 Å². The third kappa shape index (κ3) is 5.90. The first-order valence-electron chi connectivity index (χ1n) is 9.67. The van der Waals surface area contributed by atoms with Gasteiger partial charge in [0.2, 0.25) is 0 Å². The van der Waals surface area contributed by atoms with Crippen LogP contribution in [-0.2, 0) is 12.4 Å². The lowest BCUT2D eigenvalue weighted by atomic mass is 10.1. The number of aromatic carboxylic acids is 2. The zero-order chi connectivity index (χ0) is 27.0. The van der Waals surface area contributed by atoms with Crippen LogP contribution < -0.4 is 0 Å². The molecule has 0 unspecified atom stereocenters. The van der Waals surface area contributed by atoms with Crippen molar-refractivity contribution in [3.8, 4) is 0 Å². The SMILES string of the molecule is CCSc1c(C(=O)O)sc2cc(C(F)(F)F)ccc12.O=C(O)c1sc2cc(C(F)(F)F)ccc2c1Cl. The minimum Gasteiger partial charge on any atom is -0.477 e. The molecule has 0 bridgehead atoms. The smallest absolute Gasteiger partial charge is 0.416 e. The van der Waals surface area contributed by atoms with Gasteiger partial charge < -0.3 is 10.2 Å². The van der Waals surface area contributed by atoms with Crippen molar-refractivity contribution >= 4 is 78.1 Å². The van der Waals surface area contributed by atoms with E-state index in [1.807, 2.05) is 6.92 Å². The first-order chi connectivity index (χ1) is 16.6. The van der Waals surface area contributed by atoms with Gasteiger partial charge in [-0.2, -0.15) is 26.3 Å². The second kappa shape index (κ2) is 10.5. The fraction of sp³-hybridized carbons (Fsp3) is 0.182. The molecular weight excluding hydrogens is 574 g/mol. The first kappa shape index (κ1) is 28.1. The first-order valence-corrected chi connectivity index (χ1v) is 12.7. The summed E-state index contributed by atoms with van der Waals surface area (Å²) in [5.74, 6) is -1.69. The molecule has 36 heavy (non-hydrogen) atoms. The van der Waals surface area contributed by atoms with Gasteiger partial charge in [-0.1, -0.05) is 30.7 Å². The zero-order valence-corrected chi connectivity index (χ0v) is 21.0. The summed E-state index contributed by atoms with van der Waals surface area (Å²) in [6.07, 6.45) is -8.87. The van der Waals surface area contributed by atoms with E-state index in [0.29, 0.717) is 26.1 Å². The average Bonchev–Trinajstić information content (AvgIpc) is 3.31. The minimum atomic E-state index is -4.45. The molecule has 0 aliphatic carbocycles. The minimum absolute atomic E-state index is 0.0220. The van der Waals surface area contributed by atoms with Gasteiger partial charge in [-0.05, 0) is 30.0 Å². The molecule has 0 saturated carbocycles. The maximum Gasteiger partial charge on any atom is 0.416 e. The van der Waals surface area contributed by atoms with Crippen LogP contribution in [0.2, 0.25) is 5.02 Å². The van der Waals surface area contributed by atoms with E-state index in [-0.39, 0.29) is 19.5 Å². The summed E-state index contributed by atoms with van der Waals surface area (Å²) < 4.78 is 75.7. The molecule has 2 heterocycles. The molecule has 0 aliphatic rings. The summed E-state index contributed by atoms with van der Waals surface area (Å²) in [6, 6.07) is 6.31. The van der Waals surface area contributed by atoms with Crippen molar-refractivity contribution in [2.45, 2.75) is 24.2 Å². The Labute approximate surface area is 216 Å². The number of fused-ring (bicyclic) bond motifs is 2. The number of hydrogen-bond acceptors (Lipinski definition) is 5. The molecule has 0 radical (unpaired) electrons. The summed E-state index contributed by atoms with van der Waals surface area (Å²) in [4.78, 5) is 22.4. The van der Waals surface area contributed by atoms with E-state index >= 15 is 0 Å². The summed E-state index contributed by atoms with van der Waals surface area (Å²) in [5.41, 5.74) is -1.58. The summed E-state index contributed by atoms with van der Waals surface area (Å²) in [6.45, 7) is 1.86. The van der Waals surface area contributed by atoms with Crippen molar-refractivity contribution in [3.63, 3.8) is 0 Å². The van der Waals surface area contributed by atoms with E-state index < -0.39 is 35.4 Å². The van der Waals surface area contributed by atoms with Crippen molar-refractivity contribution in [2.75, 3.05) is 5.75 Å². The van der Waals surface area contributed by atoms with Gasteiger partial charge in [0.1, 0.15) is 9.75 Å². The summed E-state index contributed by atoms with van der Waals surface area (Å²) in [5, 5.41) is 18.8. The normalized spacial score (nSPS) is 12.0. The summed E-state index contributed by atoms with van der Waals surface area (Å²) >= 11 is 8.71. The van der Waals surface area contributed by atoms with E-state index in [2.05, 4.69) is 0 Å². The molecule has 2 N–H and O–H groups in total. The maximum absolute atomic E-state index is 12.6. The van der Waals surface area contributed by atoms with Crippen molar-refractivity contribution in [1.29, 1.82) is 0 Å². The van der Waals surface area contributed by atoms with Crippen LogP contribution in [0.5, 0.6) is 0 Å². The Kier molecular flexibility index (Phi) is 8.18. The number of rotatable bonds is 4. The maximum atomic E-state index is 12.6. The highest BCUT2D eigenvalue weighted by molar-refractivity contribution is 7.99. The quantitative estimate of drug-likeness (QED) is 0.184. The van der Waals surface area contributed by atoms with Crippen molar-refractivity contribution in [3.05, 3.63) is 62.3 Å². The topological polar surface area (TPSA) is 74.6 Å². The molecule has 192 valence electrons. The molecule has 2 aromatic carbocycles. The molecule has 0 fully saturated rings. The standard InChI is InChI=1S/C12H9F3O2S2.C10H4ClF3O2S/c1-2-18-9-7-4-3-6(12(13,14)15)5-8(7)19-10(9)11(16)17;11-7-5-2-1-4(10(12,13)14)3-6(5)17-8(7)9(15)16/h3-5H,2H2,1H3,(H,16,17);1-3H,(H,15,16). The van der Waals surface area contributed by atoms with Gasteiger partial charge in [-0.3, -0.25) is 0 Å². The molecule has 2 aromatic heterocycles. The molecule has 0 spiro atoms. The monoisotopic (exact) mass is 586 g/mol. The van der Waals surface area contributed by atoms with Gasteiger partial charge in [0, 0.05) is 25.1 Å². The molecule has 0 atom stereocenters. The fourth-order valence-corrected chi connectivity index (χ4v) is 6.63. The molecule has 0 saturated heterocycles. The highest BCUT2D eigenvalue weighted by Crippen LogP contribution is 2.41. The number of halogens is 7. The number of benzene rings is 2. The molecule has 14 heteroatoms. The average molecular weight is 587 g/mol. The lowest BCUT2D eigenvalue weighted by Crippen LogP contribution is -2.03. The van der Waals surface area contributed by atoms with E-state index in [4.69, 9.17) is 21.8 Å². The van der Waals surface area contributed by atoms with Crippen LogP contribution in [0.3, 0.4) is 0 Å². The molecule has 4 nitrogen and oxygen atoms in total. The van der Waals surface area contributed by atoms with E-state index in [1.165, 1.54) is 23.9 Å². The molecule has 4 aromatic rings. The number of thioether (sulfide) groups is 1. The van der Waals surface area contributed by atoms with Crippen molar-refractivity contribution in [1.82, 2.24) is 0 Å². The number of carbonyl (C=O) groups is 2. The van der Waals surface area contributed by atoms with Crippen LogP contribution in [0.15, 0.2) is 41.3 Å². The van der Waals surface area contributed by atoms with Crippen LogP contribution in [0.4, 0.5) is 26.3 Å². The van der Waals surface area contributed by atoms with Gasteiger partial charge >= 0.3 is 24.3 Å². The Morgan fingerprint density at radius 2 is 1.28 bits per heavy atom. The molecular formula is C22H13ClF6O4S3. The predicted octanol–water partition coefficient (Wildman–Crippen LogP) is 9.00. The highest BCUT2D eigenvalue weighted by Gasteiger charge is 2.32. The number of hydrogen-bond donors (Lipinski definition) is 2. The number of carboxylic acids is 2. The van der Waals surface area contributed by atoms with E-state index in [9.17, 15) is 35.9 Å². The Morgan fingerprint density at radius 1 is 0.833 bits per heavy atom. The van der Waals surface area contributed by atoms with Crippen LogP contribution in [-0.4, -0.2) is 27.9 Å². The summed E-state index contributed by atoms with van der Waals surface area (Å²) in [7, 11) is 0. The number of thiophene rings is 2. The van der Waals surface area contributed by atoms with Gasteiger partial charge in [-0.25, -0.2) is 9.59 Å². The van der Waals surface area contributed by atoms with Gasteiger partial charge in [0.15, 0.2) is 0 Å². The second-order valence-electron chi connectivity index (χ2n) is 6.97. The predicted molar refractivity (Wildman–Crippen MR) is 129 cm³/mol. The van der Waals surface area contributed by atoms with E-state index in [0.717, 1.165) is 46.9 Å². The third-order valence-corrected chi connectivity index (χ3v) is 8.52. The number of carboxylic acid groups (broad SMARTS) is 2. The van der Waals surface area contributed by atoms with Crippen LogP contribution in [0.1, 0.15) is 37.4 Å². The van der Waals surface area contributed by atoms with Gasteiger partial charge in [0.05, 0.1) is 16.1 Å². The van der Waals surface area contributed by atoms with Gasteiger partial charge in [0.25, 0.3) is 0 Å².